The Balaban J connectivity index is 2.57. The zero-order valence-electron chi connectivity index (χ0n) is 9.62. The normalized spacial score (nSPS) is 12.9. The molecule has 1 unspecified atom stereocenters. The van der Waals surface area contributed by atoms with Gasteiger partial charge in [-0.25, -0.2) is 0 Å². The van der Waals surface area contributed by atoms with Crippen molar-refractivity contribution in [3.63, 3.8) is 0 Å². The van der Waals surface area contributed by atoms with E-state index in [-0.39, 0.29) is 12.0 Å². The molecule has 0 heterocycles. The van der Waals surface area contributed by atoms with Crippen LogP contribution in [0.5, 0.6) is 0 Å². The predicted octanol–water partition coefficient (Wildman–Crippen LogP) is 2.01. The van der Waals surface area contributed by atoms with E-state index in [1.807, 2.05) is 39.0 Å². The lowest BCUT2D eigenvalue weighted by Crippen LogP contribution is -2.24. The van der Waals surface area contributed by atoms with Crippen LogP contribution in [0.4, 0.5) is 11.4 Å². The first-order chi connectivity index (χ1) is 6.99. The van der Waals surface area contributed by atoms with Gasteiger partial charge < -0.3 is 16.2 Å². The van der Waals surface area contributed by atoms with Crippen molar-refractivity contribution in [3.8, 4) is 0 Å². The number of nitrogen functional groups attached to an aromatic ring is 1. The molecular weight excluding hydrogens is 188 g/mol. The number of anilines is 2. The van der Waals surface area contributed by atoms with Crippen molar-refractivity contribution in [1.29, 1.82) is 0 Å². The Morgan fingerprint density at radius 2 is 2.00 bits per heavy atom. The fourth-order valence-corrected chi connectivity index (χ4v) is 1.37. The number of hydrogen-bond donors (Lipinski definition) is 3. The van der Waals surface area contributed by atoms with E-state index in [9.17, 15) is 5.11 Å². The third-order valence-electron chi connectivity index (χ3n) is 2.38. The van der Waals surface area contributed by atoms with Gasteiger partial charge in [0.1, 0.15) is 0 Å². The van der Waals surface area contributed by atoms with Gasteiger partial charge in [-0.1, -0.05) is 13.8 Å². The van der Waals surface area contributed by atoms with Gasteiger partial charge in [0.05, 0.1) is 6.10 Å². The molecule has 1 rings (SSSR count). The topological polar surface area (TPSA) is 58.3 Å². The van der Waals surface area contributed by atoms with Crippen LogP contribution in [0.3, 0.4) is 0 Å². The number of aliphatic hydroxyl groups excluding tert-OH is 1. The molecule has 0 spiro atoms. The summed E-state index contributed by atoms with van der Waals surface area (Å²) in [6.45, 7) is 6.55. The van der Waals surface area contributed by atoms with Gasteiger partial charge in [-0.05, 0) is 36.6 Å². The molecule has 0 bridgehead atoms. The van der Waals surface area contributed by atoms with Crippen molar-refractivity contribution in [2.45, 2.75) is 26.9 Å². The molecule has 3 nitrogen and oxygen atoms in total. The zero-order valence-corrected chi connectivity index (χ0v) is 9.62. The lowest BCUT2D eigenvalue weighted by molar-refractivity contribution is 0.138. The van der Waals surface area contributed by atoms with Crippen LogP contribution in [-0.4, -0.2) is 17.8 Å². The van der Waals surface area contributed by atoms with Gasteiger partial charge in [-0.15, -0.1) is 0 Å². The molecule has 0 aromatic heterocycles. The fraction of sp³-hybridized carbons (Fsp3) is 0.500. The Labute approximate surface area is 91.3 Å². The molecular formula is C12H20N2O. The van der Waals surface area contributed by atoms with E-state index >= 15 is 0 Å². The van der Waals surface area contributed by atoms with Gasteiger partial charge in [-0.2, -0.15) is 0 Å². The number of hydrogen-bond acceptors (Lipinski definition) is 3. The first-order valence-electron chi connectivity index (χ1n) is 5.28. The third-order valence-corrected chi connectivity index (χ3v) is 2.38. The number of rotatable bonds is 4. The standard InChI is InChI=1S/C12H20N2O/c1-8(2)12(15)7-14-11-5-9(3)4-10(13)6-11/h4-6,8,12,14-15H,7,13H2,1-3H3. The van der Waals surface area contributed by atoms with Gasteiger partial charge in [0.2, 0.25) is 0 Å². The minimum Gasteiger partial charge on any atom is -0.399 e. The molecule has 3 heteroatoms. The lowest BCUT2D eigenvalue weighted by atomic mass is 10.1. The van der Waals surface area contributed by atoms with E-state index in [0.717, 1.165) is 16.9 Å². The summed E-state index contributed by atoms with van der Waals surface area (Å²) >= 11 is 0. The highest BCUT2D eigenvalue weighted by molar-refractivity contribution is 5.56. The second-order valence-electron chi connectivity index (χ2n) is 4.32. The van der Waals surface area contributed by atoms with Crippen LogP contribution in [0.2, 0.25) is 0 Å². The Bertz CT molecular complexity index is 303. The van der Waals surface area contributed by atoms with E-state index in [2.05, 4.69) is 5.32 Å². The van der Waals surface area contributed by atoms with Crippen LogP contribution >= 0.6 is 0 Å². The SMILES string of the molecule is Cc1cc(N)cc(NCC(O)C(C)C)c1. The molecule has 84 valence electrons. The van der Waals surface area contributed by atoms with E-state index in [0.29, 0.717) is 6.54 Å². The van der Waals surface area contributed by atoms with Crippen molar-refractivity contribution < 1.29 is 5.11 Å². The molecule has 4 N–H and O–H groups in total. The Morgan fingerprint density at radius 1 is 1.33 bits per heavy atom. The van der Waals surface area contributed by atoms with E-state index in [1.54, 1.807) is 0 Å². The summed E-state index contributed by atoms with van der Waals surface area (Å²) in [5, 5.41) is 12.8. The molecule has 1 aromatic carbocycles. The minimum atomic E-state index is -0.327. The van der Waals surface area contributed by atoms with Crippen molar-refractivity contribution in [1.82, 2.24) is 0 Å². The highest BCUT2D eigenvalue weighted by atomic mass is 16.3. The van der Waals surface area contributed by atoms with Crippen LogP contribution < -0.4 is 11.1 Å². The highest BCUT2D eigenvalue weighted by Crippen LogP contribution is 2.16. The molecule has 1 aromatic rings. The summed E-state index contributed by atoms with van der Waals surface area (Å²) in [7, 11) is 0. The van der Waals surface area contributed by atoms with Gasteiger partial charge in [0.25, 0.3) is 0 Å². The molecule has 0 radical (unpaired) electrons. The molecule has 0 aliphatic heterocycles. The van der Waals surface area contributed by atoms with Gasteiger partial charge in [0, 0.05) is 17.9 Å². The van der Waals surface area contributed by atoms with E-state index < -0.39 is 0 Å². The number of nitrogens with two attached hydrogens (primary N) is 1. The smallest absolute Gasteiger partial charge is 0.0735 e. The number of nitrogens with one attached hydrogen (secondary N) is 1. The fourth-order valence-electron chi connectivity index (χ4n) is 1.37. The van der Waals surface area contributed by atoms with Crippen molar-refractivity contribution in [2.24, 2.45) is 5.92 Å². The van der Waals surface area contributed by atoms with Crippen LogP contribution in [0.15, 0.2) is 18.2 Å². The first kappa shape index (κ1) is 11.9. The molecule has 0 aliphatic carbocycles. The third kappa shape index (κ3) is 3.80. The zero-order chi connectivity index (χ0) is 11.4. The highest BCUT2D eigenvalue weighted by Gasteiger charge is 2.08. The lowest BCUT2D eigenvalue weighted by Gasteiger charge is -2.16. The largest absolute Gasteiger partial charge is 0.399 e. The molecule has 0 saturated carbocycles. The van der Waals surface area contributed by atoms with Crippen LogP contribution in [0.1, 0.15) is 19.4 Å². The second-order valence-corrected chi connectivity index (χ2v) is 4.32. The molecule has 0 aliphatic rings. The molecule has 0 fully saturated rings. The summed E-state index contributed by atoms with van der Waals surface area (Å²) in [6, 6.07) is 5.81. The molecule has 1 atom stereocenters. The summed E-state index contributed by atoms with van der Waals surface area (Å²) in [4.78, 5) is 0. The van der Waals surface area contributed by atoms with Crippen molar-refractivity contribution >= 4 is 11.4 Å². The minimum absolute atomic E-state index is 0.264. The average molecular weight is 208 g/mol. The van der Waals surface area contributed by atoms with E-state index in [1.165, 1.54) is 0 Å². The van der Waals surface area contributed by atoms with Gasteiger partial charge in [-0.3, -0.25) is 0 Å². The summed E-state index contributed by atoms with van der Waals surface area (Å²) in [6.07, 6.45) is -0.327. The van der Waals surface area contributed by atoms with E-state index in [4.69, 9.17) is 5.73 Å². The monoisotopic (exact) mass is 208 g/mol. The quantitative estimate of drug-likeness (QED) is 0.663. The van der Waals surface area contributed by atoms with Crippen LogP contribution in [-0.2, 0) is 0 Å². The second kappa shape index (κ2) is 5.03. The molecule has 0 saturated heterocycles. The Hall–Kier alpha value is -1.22. The summed E-state index contributed by atoms with van der Waals surface area (Å²) in [5.74, 6) is 0.264. The number of aryl methyl sites for hydroxylation is 1. The Morgan fingerprint density at radius 3 is 2.53 bits per heavy atom. The van der Waals surface area contributed by atoms with Crippen molar-refractivity contribution in [3.05, 3.63) is 23.8 Å². The van der Waals surface area contributed by atoms with Crippen molar-refractivity contribution in [2.75, 3.05) is 17.6 Å². The first-order valence-corrected chi connectivity index (χ1v) is 5.28. The van der Waals surface area contributed by atoms with Crippen LogP contribution in [0, 0.1) is 12.8 Å². The average Bonchev–Trinajstić information content (AvgIpc) is 2.12. The maximum absolute atomic E-state index is 9.63. The maximum atomic E-state index is 9.63. The van der Waals surface area contributed by atoms with Crippen LogP contribution in [0.25, 0.3) is 0 Å². The van der Waals surface area contributed by atoms with Gasteiger partial charge in [0.15, 0.2) is 0 Å². The van der Waals surface area contributed by atoms with Gasteiger partial charge >= 0.3 is 0 Å². The number of aliphatic hydroxyl groups is 1. The summed E-state index contributed by atoms with van der Waals surface area (Å²) in [5.41, 5.74) is 8.56. The molecule has 15 heavy (non-hydrogen) atoms. The maximum Gasteiger partial charge on any atom is 0.0735 e. The predicted molar refractivity (Wildman–Crippen MR) is 64.9 cm³/mol. The summed E-state index contributed by atoms with van der Waals surface area (Å²) < 4.78 is 0. The number of benzene rings is 1. The molecule has 0 amide bonds. The Kier molecular flexibility index (Phi) is 3.97.